The van der Waals surface area contributed by atoms with Gasteiger partial charge in [-0.2, -0.15) is 0 Å². The quantitative estimate of drug-likeness (QED) is 0.856. The van der Waals surface area contributed by atoms with Gasteiger partial charge in [0.05, 0.1) is 0 Å². The molecule has 0 N–H and O–H groups in total. The Morgan fingerprint density at radius 3 is 2.62 bits per heavy atom. The van der Waals surface area contributed by atoms with Gasteiger partial charge in [-0.1, -0.05) is 6.92 Å². The summed E-state index contributed by atoms with van der Waals surface area (Å²) in [6, 6.07) is 2.98. The summed E-state index contributed by atoms with van der Waals surface area (Å²) in [5, 5.41) is 0. The smallest absolute Gasteiger partial charge is 0.132 e. The molecular formula is C17H28N4. The molecule has 2 fully saturated rings. The van der Waals surface area contributed by atoms with Crippen molar-refractivity contribution < 1.29 is 0 Å². The first-order valence-corrected chi connectivity index (χ1v) is 8.60. The molecule has 1 unspecified atom stereocenters. The molecule has 1 atom stereocenters. The van der Waals surface area contributed by atoms with Crippen LogP contribution in [0.15, 0.2) is 6.07 Å². The van der Waals surface area contributed by atoms with E-state index in [1.165, 1.54) is 45.2 Å². The lowest BCUT2D eigenvalue weighted by atomic mass is 10.1. The molecule has 0 aromatic carbocycles. The third-order valence-electron chi connectivity index (χ3n) is 4.92. The molecule has 0 aliphatic carbocycles. The van der Waals surface area contributed by atoms with Crippen LogP contribution in [-0.2, 0) is 6.42 Å². The number of nitrogens with zero attached hydrogens (tertiary/aromatic N) is 4. The third-order valence-corrected chi connectivity index (χ3v) is 4.92. The summed E-state index contributed by atoms with van der Waals surface area (Å²) in [5.41, 5.74) is 1.16. The fourth-order valence-electron chi connectivity index (χ4n) is 3.74. The van der Waals surface area contributed by atoms with E-state index < -0.39 is 0 Å². The van der Waals surface area contributed by atoms with Crippen LogP contribution in [0.25, 0.3) is 0 Å². The molecule has 4 nitrogen and oxygen atoms in total. The minimum atomic E-state index is 0.797. The van der Waals surface area contributed by atoms with Crippen LogP contribution in [0, 0.1) is 6.92 Å². The highest BCUT2D eigenvalue weighted by Gasteiger charge is 2.25. The topological polar surface area (TPSA) is 32.3 Å². The Morgan fingerprint density at radius 1 is 1.05 bits per heavy atom. The summed E-state index contributed by atoms with van der Waals surface area (Å²) in [7, 11) is 0. The van der Waals surface area contributed by atoms with Gasteiger partial charge in [-0.3, -0.25) is 0 Å². The molecule has 116 valence electrons. The molecule has 3 rings (SSSR count). The first-order valence-electron chi connectivity index (χ1n) is 8.60. The SMILES string of the molecule is CCc1cc(N2CCCC(N3CCCC3)CC2)nc(C)n1. The molecule has 0 spiro atoms. The first kappa shape index (κ1) is 14.8. The van der Waals surface area contributed by atoms with Gasteiger partial charge in [-0.15, -0.1) is 0 Å². The van der Waals surface area contributed by atoms with Crippen LogP contribution in [0.1, 0.15) is 50.5 Å². The van der Waals surface area contributed by atoms with Crippen LogP contribution < -0.4 is 4.90 Å². The van der Waals surface area contributed by atoms with Crippen LogP contribution in [0.3, 0.4) is 0 Å². The zero-order valence-corrected chi connectivity index (χ0v) is 13.5. The monoisotopic (exact) mass is 288 g/mol. The number of aryl methyl sites for hydroxylation is 2. The summed E-state index contributed by atoms with van der Waals surface area (Å²) in [6.07, 6.45) is 7.69. The fraction of sp³-hybridized carbons (Fsp3) is 0.765. The molecule has 2 aliphatic heterocycles. The second-order valence-electron chi connectivity index (χ2n) is 6.43. The van der Waals surface area contributed by atoms with Crippen LogP contribution >= 0.6 is 0 Å². The van der Waals surface area contributed by atoms with E-state index in [0.29, 0.717) is 0 Å². The number of rotatable bonds is 3. The lowest BCUT2D eigenvalue weighted by Gasteiger charge is -2.26. The maximum atomic E-state index is 4.67. The van der Waals surface area contributed by atoms with Crippen molar-refractivity contribution in [3.63, 3.8) is 0 Å². The Kier molecular flexibility index (Phi) is 4.73. The standard InChI is InChI=1S/C17H28N4/c1-3-15-13-17(19-14(2)18-15)21-11-6-7-16(8-12-21)20-9-4-5-10-20/h13,16H,3-12H2,1-2H3. The van der Waals surface area contributed by atoms with Gasteiger partial charge in [0.1, 0.15) is 11.6 Å². The van der Waals surface area contributed by atoms with Crippen molar-refractivity contribution in [2.45, 2.75) is 58.4 Å². The van der Waals surface area contributed by atoms with E-state index in [9.17, 15) is 0 Å². The van der Waals surface area contributed by atoms with Crippen molar-refractivity contribution in [2.24, 2.45) is 0 Å². The second-order valence-corrected chi connectivity index (χ2v) is 6.43. The average molecular weight is 288 g/mol. The number of likely N-dealkylation sites (tertiary alicyclic amines) is 1. The Balaban J connectivity index is 1.68. The minimum Gasteiger partial charge on any atom is -0.356 e. The summed E-state index contributed by atoms with van der Waals surface area (Å²) in [6.45, 7) is 9.09. The zero-order valence-electron chi connectivity index (χ0n) is 13.5. The maximum absolute atomic E-state index is 4.67. The van der Waals surface area contributed by atoms with Crippen LogP contribution in [0.4, 0.5) is 5.82 Å². The molecule has 1 aromatic heterocycles. The maximum Gasteiger partial charge on any atom is 0.132 e. The van der Waals surface area contributed by atoms with Gasteiger partial charge >= 0.3 is 0 Å². The fourth-order valence-corrected chi connectivity index (χ4v) is 3.74. The van der Waals surface area contributed by atoms with Crippen molar-refractivity contribution in [1.29, 1.82) is 0 Å². The summed E-state index contributed by atoms with van der Waals surface area (Å²) in [5.74, 6) is 2.05. The van der Waals surface area contributed by atoms with Gasteiger partial charge in [-0.05, 0) is 58.5 Å². The largest absolute Gasteiger partial charge is 0.356 e. The highest BCUT2D eigenvalue weighted by atomic mass is 15.2. The highest BCUT2D eigenvalue weighted by Crippen LogP contribution is 2.24. The molecule has 2 aliphatic rings. The highest BCUT2D eigenvalue weighted by molar-refractivity contribution is 5.40. The molecule has 0 amide bonds. The van der Waals surface area contributed by atoms with Gasteiger partial charge in [0.15, 0.2) is 0 Å². The predicted octanol–water partition coefficient (Wildman–Crippen LogP) is 2.80. The van der Waals surface area contributed by atoms with Gasteiger partial charge in [-0.25, -0.2) is 9.97 Å². The van der Waals surface area contributed by atoms with Crippen molar-refractivity contribution in [1.82, 2.24) is 14.9 Å². The summed E-state index contributed by atoms with van der Waals surface area (Å²) >= 11 is 0. The number of hydrogen-bond acceptors (Lipinski definition) is 4. The Labute approximate surface area is 128 Å². The summed E-state index contributed by atoms with van der Waals surface area (Å²) < 4.78 is 0. The van der Waals surface area contributed by atoms with Crippen LogP contribution in [0.5, 0.6) is 0 Å². The molecule has 4 heteroatoms. The van der Waals surface area contributed by atoms with Gasteiger partial charge in [0.2, 0.25) is 0 Å². The van der Waals surface area contributed by atoms with Crippen molar-refractivity contribution in [3.05, 3.63) is 17.6 Å². The van der Waals surface area contributed by atoms with E-state index in [2.05, 4.69) is 32.8 Å². The van der Waals surface area contributed by atoms with E-state index >= 15 is 0 Å². The lowest BCUT2D eigenvalue weighted by Crippen LogP contribution is -2.34. The first-order chi connectivity index (χ1) is 10.3. The molecule has 0 radical (unpaired) electrons. The van der Waals surface area contributed by atoms with Gasteiger partial charge in [0.25, 0.3) is 0 Å². The van der Waals surface area contributed by atoms with E-state index in [4.69, 9.17) is 0 Å². The van der Waals surface area contributed by atoms with Crippen molar-refractivity contribution in [2.75, 3.05) is 31.1 Å². The Bertz CT molecular complexity index is 468. The van der Waals surface area contributed by atoms with Crippen LogP contribution in [-0.4, -0.2) is 47.1 Å². The van der Waals surface area contributed by atoms with E-state index in [0.717, 1.165) is 42.9 Å². The molecule has 21 heavy (non-hydrogen) atoms. The Morgan fingerprint density at radius 2 is 1.86 bits per heavy atom. The molecular weight excluding hydrogens is 260 g/mol. The van der Waals surface area contributed by atoms with Crippen molar-refractivity contribution >= 4 is 5.82 Å². The molecule has 2 saturated heterocycles. The van der Waals surface area contributed by atoms with E-state index in [-0.39, 0.29) is 0 Å². The molecule has 0 bridgehead atoms. The third kappa shape index (κ3) is 3.54. The molecule has 3 heterocycles. The molecule has 1 aromatic rings. The van der Waals surface area contributed by atoms with Crippen molar-refractivity contribution in [3.8, 4) is 0 Å². The van der Waals surface area contributed by atoms with E-state index in [1.54, 1.807) is 0 Å². The Hall–Kier alpha value is -1.16. The number of anilines is 1. The van der Waals surface area contributed by atoms with Gasteiger partial charge < -0.3 is 9.80 Å². The predicted molar refractivity (Wildman–Crippen MR) is 86.8 cm³/mol. The average Bonchev–Trinajstić information content (AvgIpc) is 2.91. The van der Waals surface area contributed by atoms with Gasteiger partial charge in [0, 0.05) is 30.9 Å². The normalized spacial score (nSPS) is 24.3. The number of hydrogen-bond donors (Lipinski definition) is 0. The minimum absolute atomic E-state index is 0.797. The number of aromatic nitrogens is 2. The molecule has 0 saturated carbocycles. The van der Waals surface area contributed by atoms with E-state index in [1.807, 2.05) is 6.92 Å². The zero-order chi connectivity index (χ0) is 14.7. The second kappa shape index (κ2) is 6.73. The van der Waals surface area contributed by atoms with Crippen LogP contribution in [0.2, 0.25) is 0 Å². The lowest BCUT2D eigenvalue weighted by molar-refractivity contribution is 0.225. The summed E-state index contributed by atoms with van der Waals surface area (Å²) in [4.78, 5) is 14.4.